The van der Waals surface area contributed by atoms with Crippen LogP contribution in [0.25, 0.3) is 11.0 Å². The molecule has 0 aliphatic rings. The van der Waals surface area contributed by atoms with E-state index >= 15 is 4.39 Å². The maximum absolute atomic E-state index is 16.3. The molecule has 3 heterocycles. The third kappa shape index (κ3) is 5.74. The van der Waals surface area contributed by atoms with Crippen molar-refractivity contribution < 1.29 is 23.2 Å². The van der Waals surface area contributed by atoms with Crippen LogP contribution in [0.15, 0.2) is 45.5 Å². The molecule has 0 fully saturated rings. The molecule has 8 heteroatoms. The number of rotatable bonds is 9. The number of carbonyl (C=O) groups is 1. The number of benzene rings is 1. The Morgan fingerprint density at radius 2 is 1.92 bits per heavy atom. The van der Waals surface area contributed by atoms with E-state index in [4.69, 9.17) is 8.94 Å². The van der Waals surface area contributed by atoms with Crippen LogP contribution in [0.1, 0.15) is 78.0 Å². The molecule has 4 rings (SSSR count). The highest BCUT2D eigenvalue weighted by molar-refractivity contribution is 5.83. The zero-order valence-corrected chi connectivity index (χ0v) is 22.2. The molecule has 2 N–H and O–H groups in total. The third-order valence-corrected chi connectivity index (χ3v) is 6.59. The Balaban J connectivity index is 1.54. The van der Waals surface area contributed by atoms with Gasteiger partial charge in [0.1, 0.15) is 28.9 Å². The zero-order valence-electron chi connectivity index (χ0n) is 22.2. The number of fused-ring (bicyclic) bond motifs is 1. The van der Waals surface area contributed by atoms with Crippen LogP contribution in [-0.4, -0.2) is 21.2 Å². The Bertz CT molecular complexity index is 1400. The molecule has 37 heavy (non-hydrogen) atoms. The highest BCUT2D eigenvalue weighted by Gasteiger charge is 2.36. The summed E-state index contributed by atoms with van der Waals surface area (Å²) in [4.78, 5) is 17.4. The van der Waals surface area contributed by atoms with Crippen LogP contribution in [-0.2, 0) is 17.0 Å². The number of carbonyl (C=O) groups excluding carboxylic acids is 1. The first kappa shape index (κ1) is 26.5. The minimum Gasteiger partial charge on any atom is -0.458 e. The molecule has 0 saturated carbocycles. The highest BCUT2D eigenvalue weighted by atomic mass is 19.1. The lowest BCUT2D eigenvalue weighted by molar-refractivity contribution is -0.125. The smallest absolute Gasteiger partial charge is 0.227 e. The van der Waals surface area contributed by atoms with Crippen LogP contribution in [0.2, 0.25) is 0 Å². The van der Waals surface area contributed by atoms with Gasteiger partial charge in [0.2, 0.25) is 11.7 Å². The molecule has 0 saturated heterocycles. The van der Waals surface area contributed by atoms with Crippen molar-refractivity contribution in [3.05, 3.63) is 81.7 Å². The number of pyridine rings is 1. The van der Waals surface area contributed by atoms with Crippen LogP contribution in [0.5, 0.6) is 0 Å². The van der Waals surface area contributed by atoms with E-state index < -0.39 is 17.8 Å². The number of nitrogens with zero attached hydrogens (tertiary/aromatic N) is 2. The monoisotopic (exact) mass is 507 g/mol. The Morgan fingerprint density at radius 3 is 2.57 bits per heavy atom. The third-order valence-electron chi connectivity index (χ3n) is 6.59. The minimum atomic E-state index is -2.06. The molecule has 1 aromatic carbocycles. The van der Waals surface area contributed by atoms with Crippen molar-refractivity contribution in [2.24, 2.45) is 5.92 Å². The second-order valence-electron chi connectivity index (χ2n) is 10.3. The van der Waals surface area contributed by atoms with Gasteiger partial charge in [-0.3, -0.25) is 9.78 Å². The summed E-state index contributed by atoms with van der Waals surface area (Å²) in [6.45, 7) is 11.3. The van der Waals surface area contributed by atoms with Crippen molar-refractivity contribution >= 4 is 16.9 Å². The number of aliphatic hydroxyl groups is 1. The predicted octanol–water partition coefficient (Wildman–Crippen LogP) is 6.05. The minimum absolute atomic E-state index is 0.0128. The number of amides is 1. The number of furan rings is 1. The van der Waals surface area contributed by atoms with Crippen molar-refractivity contribution in [2.75, 3.05) is 0 Å². The van der Waals surface area contributed by atoms with E-state index in [0.717, 1.165) is 10.9 Å². The van der Waals surface area contributed by atoms with Crippen molar-refractivity contribution in [1.29, 1.82) is 0 Å². The molecule has 0 bridgehead atoms. The molecule has 3 aromatic heterocycles. The van der Waals surface area contributed by atoms with Gasteiger partial charge < -0.3 is 19.4 Å². The van der Waals surface area contributed by atoms with E-state index in [-0.39, 0.29) is 24.5 Å². The fourth-order valence-electron chi connectivity index (χ4n) is 4.69. The second kappa shape index (κ2) is 10.5. The number of nitrogens with one attached hydrogen (secondary N) is 1. The molecule has 0 aliphatic heterocycles. The fourth-order valence-corrected chi connectivity index (χ4v) is 4.69. The zero-order chi connectivity index (χ0) is 26.9. The molecule has 2 unspecified atom stereocenters. The van der Waals surface area contributed by atoms with Gasteiger partial charge in [0, 0.05) is 18.0 Å². The lowest BCUT2D eigenvalue weighted by atomic mass is 9.95. The van der Waals surface area contributed by atoms with Crippen LogP contribution >= 0.6 is 0 Å². The van der Waals surface area contributed by atoms with E-state index in [1.807, 2.05) is 39.8 Å². The quantitative estimate of drug-likeness (QED) is 0.268. The molecule has 196 valence electrons. The normalized spacial score (nSPS) is 14.2. The van der Waals surface area contributed by atoms with Gasteiger partial charge >= 0.3 is 0 Å². The van der Waals surface area contributed by atoms with Crippen LogP contribution < -0.4 is 5.32 Å². The number of alkyl halides is 1. The number of hydrogen-bond donors (Lipinski definition) is 2. The van der Waals surface area contributed by atoms with Crippen molar-refractivity contribution in [3.63, 3.8) is 0 Å². The summed E-state index contributed by atoms with van der Waals surface area (Å²) in [5, 5.41) is 18.1. The topological polar surface area (TPSA) is 101 Å². The average Bonchev–Trinajstić information content (AvgIpc) is 3.39. The summed E-state index contributed by atoms with van der Waals surface area (Å²) in [6, 6.07) is 8.93. The summed E-state index contributed by atoms with van der Waals surface area (Å²) in [5.74, 6) is -1.36. The lowest BCUT2D eigenvalue weighted by Crippen LogP contribution is -2.44. The maximum atomic E-state index is 16.3. The summed E-state index contributed by atoms with van der Waals surface area (Å²) >= 11 is 0. The number of aryl methyl sites for hydroxylation is 4. The fraction of sp³-hybridized carbons (Fsp3) is 0.414. The summed E-state index contributed by atoms with van der Waals surface area (Å²) in [5.41, 5.74) is 4.31. The second-order valence-corrected chi connectivity index (χ2v) is 10.3. The van der Waals surface area contributed by atoms with E-state index in [2.05, 4.69) is 15.5 Å². The first-order valence-electron chi connectivity index (χ1n) is 12.5. The SMILES string of the molecule is Cc1cnc(C(F)(CCC(C)C)NC(=O)Cc2ccc3oc(C(O)c4c(C)noc4C)cc3c2)c(C)c1. The van der Waals surface area contributed by atoms with Crippen LogP contribution in [0.4, 0.5) is 4.39 Å². The Kier molecular flexibility index (Phi) is 7.50. The Hall–Kier alpha value is -3.52. The molecule has 0 spiro atoms. The Labute approximate surface area is 216 Å². The van der Waals surface area contributed by atoms with Gasteiger partial charge in [-0.2, -0.15) is 0 Å². The van der Waals surface area contributed by atoms with Crippen LogP contribution in [0.3, 0.4) is 0 Å². The molecule has 0 radical (unpaired) electrons. The molecule has 7 nitrogen and oxygen atoms in total. The molecule has 1 amide bonds. The maximum Gasteiger partial charge on any atom is 0.227 e. The van der Waals surface area contributed by atoms with Gasteiger partial charge in [0.25, 0.3) is 0 Å². The lowest BCUT2D eigenvalue weighted by Gasteiger charge is -2.28. The van der Waals surface area contributed by atoms with E-state index in [1.54, 1.807) is 38.2 Å². The van der Waals surface area contributed by atoms with Gasteiger partial charge in [-0.05, 0) is 74.9 Å². The molecular weight excluding hydrogens is 473 g/mol. The molecule has 2 atom stereocenters. The largest absolute Gasteiger partial charge is 0.458 e. The number of hydrogen-bond acceptors (Lipinski definition) is 6. The van der Waals surface area contributed by atoms with Crippen molar-refractivity contribution in [1.82, 2.24) is 15.5 Å². The average molecular weight is 508 g/mol. The first-order chi connectivity index (χ1) is 17.5. The predicted molar refractivity (Wildman–Crippen MR) is 139 cm³/mol. The standard InChI is InChI=1S/C29H34FN3O4/c1-16(2)9-10-29(30,28-18(4)11-17(3)15-31-28)32-25(34)13-21-7-8-23-22(12-21)14-24(36-23)27(35)26-19(5)33-37-20(26)6/h7-8,11-12,14-16,27,35H,9-10,13H2,1-6H3,(H,32,34). The number of aliphatic hydroxyl groups excluding tert-OH is 1. The highest BCUT2D eigenvalue weighted by Crippen LogP contribution is 2.33. The van der Waals surface area contributed by atoms with Crippen molar-refractivity contribution in [3.8, 4) is 0 Å². The van der Waals surface area contributed by atoms with Gasteiger partial charge in [0.05, 0.1) is 17.7 Å². The van der Waals surface area contributed by atoms with Gasteiger partial charge in [0.15, 0.2) is 0 Å². The van der Waals surface area contributed by atoms with E-state index in [1.165, 1.54) is 0 Å². The molecule has 4 aromatic rings. The van der Waals surface area contributed by atoms with E-state index in [9.17, 15) is 9.90 Å². The van der Waals surface area contributed by atoms with E-state index in [0.29, 0.717) is 45.9 Å². The number of aromatic nitrogens is 2. The Morgan fingerprint density at radius 1 is 1.16 bits per heavy atom. The van der Waals surface area contributed by atoms with Gasteiger partial charge in [-0.1, -0.05) is 31.1 Å². The van der Waals surface area contributed by atoms with Gasteiger partial charge in [-0.25, -0.2) is 4.39 Å². The summed E-state index contributed by atoms with van der Waals surface area (Å²) < 4.78 is 27.3. The first-order valence-corrected chi connectivity index (χ1v) is 12.5. The summed E-state index contributed by atoms with van der Waals surface area (Å²) in [7, 11) is 0. The van der Waals surface area contributed by atoms with Gasteiger partial charge in [-0.15, -0.1) is 0 Å². The molecular formula is C29H34FN3O4. The molecule has 0 aliphatic carbocycles. The van der Waals surface area contributed by atoms with Crippen LogP contribution in [0, 0.1) is 33.6 Å². The van der Waals surface area contributed by atoms with Crippen molar-refractivity contribution in [2.45, 2.75) is 72.7 Å². The summed E-state index contributed by atoms with van der Waals surface area (Å²) in [6.07, 6.45) is 1.32. The number of halogens is 1.